The standard InChI is InChI=1S/C20H19N5O3S/c1-12-15(13(2)25-19(22-12)23-20(24-25)29-3)9-18(26)27-11-17-21-10-16(28-17)14-7-5-4-6-8-14/h4-8,10H,9,11H2,1-3H3. The maximum atomic E-state index is 12.4. The molecule has 8 nitrogen and oxygen atoms in total. The zero-order chi connectivity index (χ0) is 20.4. The number of carbonyl (C=O) groups is 1. The topological polar surface area (TPSA) is 95.4 Å². The Morgan fingerprint density at radius 3 is 2.76 bits per heavy atom. The number of carbonyl (C=O) groups excluding carboxylic acids is 1. The number of oxazole rings is 1. The summed E-state index contributed by atoms with van der Waals surface area (Å²) in [5, 5.41) is 5.03. The van der Waals surface area contributed by atoms with Crippen molar-refractivity contribution < 1.29 is 13.9 Å². The van der Waals surface area contributed by atoms with Gasteiger partial charge in [0.05, 0.1) is 12.6 Å². The van der Waals surface area contributed by atoms with Crippen LogP contribution in [0.5, 0.6) is 0 Å². The van der Waals surface area contributed by atoms with E-state index < -0.39 is 0 Å². The normalized spacial score (nSPS) is 11.1. The Bertz CT molecular complexity index is 1170. The number of rotatable bonds is 6. The smallest absolute Gasteiger partial charge is 0.310 e. The van der Waals surface area contributed by atoms with Gasteiger partial charge in [-0.3, -0.25) is 4.79 Å². The van der Waals surface area contributed by atoms with Crippen LogP contribution in [0.25, 0.3) is 17.1 Å². The molecule has 1 aromatic carbocycles. The summed E-state index contributed by atoms with van der Waals surface area (Å²) in [6, 6.07) is 9.63. The second kappa shape index (κ2) is 8.04. The van der Waals surface area contributed by atoms with E-state index in [0.29, 0.717) is 22.6 Å². The highest BCUT2D eigenvalue weighted by Crippen LogP contribution is 2.21. The van der Waals surface area contributed by atoms with Gasteiger partial charge < -0.3 is 9.15 Å². The first-order chi connectivity index (χ1) is 14.0. The van der Waals surface area contributed by atoms with Crippen LogP contribution in [-0.4, -0.2) is 36.8 Å². The lowest BCUT2D eigenvalue weighted by molar-refractivity contribution is -0.144. The van der Waals surface area contributed by atoms with E-state index in [2.05, 4.69) is 20.1 Å². The van der Waals surface area contributed by atoms with Crippen molar-refractivity contribution >= 4 is 23.5 Å². The van der Waals surface area contributed by atoms with Crippen molar-refractivity contribution in [3.63, 3.8) is 0 Å². The Labute approximate surface area is 171 Å². The predicted molar refractivity (Wildman–Crippen MR) is 107 cm³/mol. The molecule has 0 radical (unpaired) electrons. The molecule has 0 saturated heterocycles. The first-order valence-corrected chi connectivity index (χ1v) is 10.2. The summed E-state index contributed by atoms with van der Waals surface area (Å²) in [5.41, 5.74) is 3.24. The number of aryl methyl sites for hydroxylation is 2. The molecule has 0 aliphatic carbocycles. The van der Waals surface area contributed by atoms with E-state index >= 15 is 0 Å². The summed E-state index contributed by atoms with van der Waals surface area (Å²) < 4.78 is 12.7. The fourth-order valence-electron chi connectivity index (χ4n) is 2.98. The average Bonchev–Trinajstić information content (AvgIpc) is 3.37. The number of thioether (sulfide) groups is 1. The molecule has 0 bridgehead atoms. The Hall–Kier alpha value is -3.20. The molecule has 4 aromatic rings. The van der Waals surface area contributed by atoms with E-state index in [0.717, 1.165) is 22.5 Å². The molecule has 0 N–H and O–H groups in total. The van der Waals surface area contributed by atoms with Crippen LogP contribution < -0.4 is 0 Å². The van der Waals surface area contributed by atoms with Crippen molar-refractivity contribution in [2.45, 2.75) is 32.0 Å². The van der Waals surface area contributed by atoms with Crippen molar-refractivity contribution in [3.8, 4) is 11.3 Å². The number of benzene rings is 1. The third-order valence-corrected chi connectivity index (χ3v) is 5.04. The number of ether oxygens (including phenoxy) is 1. The fourth-order valence-corrected chi connectivity index (χ4v) is 3.32. The van der Waals surface area contributed by atoms with Gasteiger partial charge >= 0.3 is 5.97 Å². The van der Waals surface area contributed by atoms with Crippen LogP contribution >= 0.6 is 11.8 Å². The minimum atomic E-state index is -0.387. The van der Waals surface area contributed by atoms with Crippen molar-refractivity contribution in [3.05, 3.63) is 59.4 Å². The van der Waals surface area contributed by atoms with E-state index in [1.54, 1.807) is 10.7 Å². The van der Waals surface area contributed by atoms with Gasteiger partial charge in [0.1, 0.15) is 0 Å². The van der Waals surface area contributed by atoms with E-state index in [4.69, 9.17) is 9.15 Å². The number of aromatic nitrogens is 5. The van der Waals surface area contributed by atoms with Gasteiger partial charge in [-0.2, -0.15) is 4.98 Å². The van der Waals surface area contributed by atoms with Crippen LogP contribution in [0.3, 0.4) is 0 Å². The number of hydrogen-bond acceptors (Lipinski definition) is 8. The molecule has 0 spiro atoms. The zero-order valence-corrected chi connectivity index (χ0v) is 17.1. The van der Waals surface area contributed by atoms with E-state index in [1.807, 2.05) is 50.4 Å². The highest BCUT2D eigenvalue weighted by Gasteiger charge is 2.17. The van der Waals surface area contributed by atoms with Crippen LogP contribution in [0.4, 0.5) is 0 Å². The Morgan fingerprint density at radius 2 is 2.00 bits per heavy atom. The third-order valence-electron chi connectivity index (χ3n) is 4.50. The number of nitrogens with zero attached hydrogens (tertiary/aromatic N) is 5. The number of hydrogen-bond donors (Lipinski definition) is 0. The molecule has 3 heterocycles. The van der Waals surface area contributed by atoms with Crippen molar-refractivity contribution in [2.75, 3.05) is 6.26 Å². The minimum absolute atomic E-state index is 0.0284. The van der Waals surface area contributed by atoms with Crippen LogP contribution in [-0.2, 0) is 22.6 Å². The maximum Gasteiger partial charge on any atom is 0.310 e. The molecule has 29 heavy (non-hydrogen) atoms. The van der Waals surface area contributed by atoms with Gasteiger partial charge in [-0.1, -0.05) is 42.1 Å². The second-order valence-electron chi connectivity index (χ2n) is 6.39. The highest BCUT2D eigenvalue weighted by atomic mass is 32.2. The largest absolute Gasteiger partial charge is 0.455 e. The molecule has 9 heteroatoms. The van der Waals surface area contributed by atoms with Crippen molar-refractivity contribution in [1.82, 2.24) is 24.6 Å². The molecular weight excluding hydrogens is 390 g/mol. The summed E-state index contributed by atoms with van der Waals surface area (Å²) in [4.78, 5) is 25.4. The maximum absolute atomic E-state index is 12.4. The summed E-state index contributed by atoms with van der Waals surface area (Å²) >= 11 is 1.44. The molecule has 0 saturated carbocycles. The molecule has 0 atom stereocenters. The molecular formula is C20H19N5O3S. The highest BCUT2D eigenvalue weighted by molar-refractivity contribution is 7.98. The summed E-state index contributed by atoms with van der Waals surface area (Å²) in [7, 11) is 0. The fraction of sp³-hybridized carbons (Fsp3) is 0.250. The lowest BCUT2D eigenvalue weighted by Crippen LogP contribution is -2.13. The quantitative estimate of drug-likeness (QED) is 0.353. The van der Waals surface area contributed by atoms with Crippen molar-refractivity contribution in [2.24, 2.45) is 0 Å². The summed E-state index contributed by atoms with van der Waals surface area (Å²) in [6.45, 7) is 3.71. The third kappa shape index (κ3) is 4.00. The second-order valence-corrected chi connectivity index (χ2v) is 7.17. The van der Waals surface area contributed by atoms with Crippen LogP contribution in [0.1, 0.15) is 22.8 Å². The first kappa shape index (κ1) is 19.1. The van der Waals surface area contributed by atoms with Crippen molar-refractivity contribution in [1.29, 1.82) is 0 Å². The van der Waals surface area contributed by atoms with Crippen LogP contribution in [0.2, 0.25) is 0 Å². The molecule has 0 aliphatic rings. The zero-order valence-electron chi connectivity index (χ0n) is 16.2. The van der Waals surface area contributed by atoms with Crippen LogP contribution in [0.15, 0.2) is 46.1 Å². The van der Waals surface area contributed by atoms with Gasteiger partial charge in [0, 0.05) is 22.5 Å². The number of esters is 1. The lowest BCUT2D eigenvalue weighted by Gasteiger charge is -2.09. The molecule has 0 fully saturated rings. The predicted octanol–water partition coefficient (Wildman–Crippen LogP) is 3.40. The summed E-state index contributed by atoms with van der Waals surface area (Å²) in [5.74, 6) is 1.12. The molecule has 3 aromatic heterocycles. The molecule has 0 amide bonds. The average molecular weight is 409 g/mol. The Kier molecular flexibility index (Phi) is 5.30. The van der Waals surface area contributed by atoms with E-state index in [9.17, 15) is 4.79 Å². The molecule has 148 valence electrons. The number of fused-ring (bicyclic) bond motifs is 1. The van der Waals surface area contributed by atoms with Gasteiger partial charge in [0.15, 0.2) is 12.4 Å². The SMILES string of the molecule is CSc1nc2nc(C)c(CC(=O)OCc3ncc(-c4ccccc4)o3)c(C)n2n1. The van der Waals surface area contributed by atoms with Gasteiger partial charge in [-0.25, -0.2) is 14.5 Å². The Morgan fingerprint density at radius 1 is 1.21 bits per heavy atom. The molecule has 0 aliphatic heterocycles. The summed E-state index contributed by atoms with van der Waals surface area (Å²) in [6.07, 6.45) is 3.61. The van der Waals surface area contributed by atoms with Gasteiger partial charge in [-0.05, 0) is 20.1 Å². The lowest BCUT2D eigenvalue weighted by atomic mass is 10.1. The van der Waals surface area contributed by atoms with Gasteiger partial charge in [-0.15, -0.1) is 5.10 Å². The van der Waals surface area contributed by atoms with Crippen LogP contribution in [0, 0.1) is 13.8 Å². The Balaban J connectivity index is 1.44. The monoisotopic (exact) mass is 409 g/mol. The minimum Gasteiger partial charge on any atom is -0.455 e. The van der Waals surface area contributed by atoms with E-state index in [1.165, 1.54) is 11.8 Å². The molecule has 4 rings (SSSR count). The van der Waals surface area contributed by atoms with Gasteiger partial charge in [0.2, 0.25) is 11.0 Å². The van der Waals surface area contributed by atoms with E-state index in [-0.39, 0.29) is 19.0 Å². The molecule has 0 unspecified atom stereocenters. The van der Waals surface area contributed by atoms with Gasteiger partial charge in [0.25, 0.3) is 5.78 Å². The first-order valence-electron chi connectivity index (χ1n) is 8.97.